The van der Waals surface area contributed by atoms with Gasteiger partial charge >= 0.3 is 0 Å². The molecule has 1 aliphatic carbocycles. The fourth-order valence-electron chi connectivity index (χ4n) is 2.92. The zero-order valence-electron chi connectivity index (χ0n) is 12.3. The number of hydrogen-bond donors (Lipinski definition) is 2. The number of aromatic nitrogens is 2. The maximum Gasteiger partial charge on any atom is 0.220 e. The summed E-state index contributed by atoms with van der Waals surface area (Å²) in [6.45, 7) is 2.35. The lowest BCUT2D eigenvalue weighted by Crippen LogP contribution is -2.40. The summed E-state index contributed by atoms with van der Waals surface area (Å²) in [5, 5.41) is 15.1. The number of hydrogen-bond acceptors (Lipinski definition) is 4. The average Bonchev–Trinajstić information content (AvgIpc) is 3.11. The number of carbonyl (C=O) groups excluding carboxylic acids is 1. The highest BCUT2D eigenvalue weighted by Gasteiger charge is 2.31. The van der Waals surface area contributed by atoms with Crippen LogP contribution in [-0.4, -0.2) is 32.5 Å². The van der Waals surface area contributed by atoms with Crippen molar-refractivity contribution in [1.82, 2.24) is 14.7 Å². The Morgan fingerprint density at radius 1 is 1.52 bits per heavy atom. The predicted octanol–water partition coefficient (Wildman–Crippen LogP) is 2.06. The van der Waals surface area contributed by atoms with E-state index in [1.165, 1.54) is 0 Å². The molecule has 1 aliphatic rings. The van der Waals surface area contributed by atoms with Crippen LogP contribution in [0.2, 0.25) is 0 Å². The van der Waals surface area contributed by atoms with Gasteiger partial charge in [0.2, 0.25) is 5.91 Å². The van der Waals surface area contributed by atoms with E-state index in [1.54, 1.807) is 11.3 Å². The quantitative estimate of drug-likeness (QED) is 0.888. The molecule has 1 saturated carbocycles. The zero-order chi connectivity index (χ0) is 14.9. The van der Waals surface area contributed by atoms with Crippen molar-refractivity contribution in [3.8, 4) is 0 Å². The van der Waals surface area contributed by atoms with Crippen LogP contribution < -0.4 is 5.32 Å². The molecule has 114 valence electrons. The Hall–Kier alpha value is -1.40. The number of fused-ring (bicyclic) bond motifs is 1. The predicted molar refractivity (Wildman–Crippen MR) is 82.6 cm³/mol. The molecule has 0 unspecified atom stereocenters. The summed E-state index contributed by atoms with van der Waals surface area (Å²) in [5.41, 5.74) is 1.44. The van der Waals surface area contributed by atoms with Crippen molar-refractivity contribution in [2.24, 2.45) is 0 Å². The zero-order valence-corrected chi connectivity index (χ0v) is 13.1. The van der Waals surface area contributed by atoms with Gasteiger partial charge in [-0.15, -0.1) is 11.3 Å². The lowest BCUT2D eigenvalue weighted by molar-refractivity contribution is -0.122. The standard InChI is InChI=1S/C15H21N3O2S/c1-11-8-18-12(9-21-14(18)17-11)4-5-13(19)16-10-15(20)6-2-3-7-15/h8-9,20H,2-7,10H2,1H3,(H,16,19). The maximum atomic E-state index is 11.9. The number of nitrogens with one attached hydrogen (secondary N) is 1. The van der Waals surface area contributed by atoms with Gasteiger partial charge in [-0.05, 0) is 26.2 Å². The molecule has 1 fully saturated rings. The second-order valence-electron chi connectivity index (χ2n) is 5.97. The van der Waals surface area contributed by atoms with E-state index in [2.05, 4.69) is 20.1 Å². The van der Waals surface area contributed by atoms with Gasteiger partial charge in [-0.25, -0.2) is 4.98 Å². The number of aliphatic hydroxyl groups is 1. The first-order valence-corrected chi connectivity index (χ1v) is 8.35. The van der Waals surface area contributed by atoms with Gasteiger partial charge in [-0.3, -0.25) is 9.20 Å². The molecule has 0 saturated heterocycles. The van der Waals surface area contributed by atoms with Crippen LogP contribution in [0.25, 0.3) is 4.96 Å². The Labute approximate surface area is 128 Å². The van der Waals surface area contributed by atoms with Gasteiger partial charge in [0, 0.05) is 30.2 Å². The van der Waals surface area contributed by atoms with Gasteiger partial charge in [0.05, 0.1) is 11.3 Å². The first-order valence-electron chi connectivity index (χ1n) is 7.47. The molecule has 6 heteroatoms. The van der Waals surface area contributed by atoms with Gasteiger partial charge < -0.3 is 10.4 Å². The normalized spacial score (nSPS) is 17.4. The lowest BCUT2D eigenvalue weighted by atomic mass is 10.0. The van der Waals surface area contributed by atoms with Crippen molar-refractivity contribution in [2.75, 3.05) is 6.54 Å². The van der Waals surface area contributed by atoms with Crippen LogP contribution in [0.15, 0.2) is 11.6 Å². The molecule has 2 aromatic heterocycles. The smallest absolute Gasteiger partial charge is 0.220 e. The molecule has 0 bridgehead atoms. The Balaban J connectivity index is 1.51. The number of carbonyl (C=O) groups is 1. The molecule has 3 rings (SSSR count). The van der Waals surface area contributed by atoms with Crippen LogP contribution >= 0.6 is 11.3 Å². The van der Waals surface area contributed by atoms with E-state index in [1.807, 2.05) is 13.1 Å². The molecule has 0 spiro atoms. The first kappa shape index (κ1) is 14.5. The number of imidazole rings is 1. The van der Waals surface area contributed by atoms with E-state index >= 15 is 0 Å². The summed E-state index contributed by atoms with van der Waals surface area (Å²) in [4.78, 5) is 17.3. The van der Waals surface area contributed by atoms with Crippen LogP contribution in [0.3, 0.4) is 0 Å². The summed E-state index contributed by atoms with van der Waals surface area (Å²) >= 11 is 1.60. The third-order valence-corrected chi connectivity index (χ3v) is 5.05. The minimum atomic E-state index is -0.674. The summed E-state index contributed by atoms with van der Waals surface area (Å²) in [5.74, 6) is 0.00603. The van der Waals surface area contributed by atoms with Gasteiger partial charge in [0.15, 0.2) is 4.96 Å². The van der Waals surface area contributed by atoms with Crippen LogP contribution in [0.4, 0.5) is 0 Å². The highest BCUT2D eigenvalue weighted by Crippen LogP contribution is 2.28. The van der Waals surface area contributed by atoms with Crippen LogP contribution in [0.5, 0.6) is 0 Å². The van der Waals surface area contributed by atoms with Crippen molar-refractivity contribution in [1.29, 1.82) is 0 Å². The monoisotopic (exact) mass is 307 g/mol. The van der Waals surface area contributed by atoms with E-state index in [-0.39, 0.29) is 5.91 Å². The molecule has 5 nitrogen and oxygen atoms in total. The van der Waals surface area contributed by atoms with E-state index < -0.39 is 5.60 Å². The molecule has 0 radical (unpaired) electrons. The number of aryl methyl sites for hydroxylation is 2. The van der Waals surface area contributed by atoms with Gasteiger partial charge in [-0.1, -0.05) is 12.8 Å². The Morgan fingerprint density at radius 3 is 3.05 bits per heavy atom. The second kappa shape index (κ2) is 5.77. The molecule has 0 aliphatic heterocycles. The molecule has 2 heterocycles. The van der Waals surface area contributed by atoms with E-state index in [0.29, 0.717) is 19.4 Å². The maximum absolute atomic E-state index is 11.9. The van der Waals surface area contributed by atoms with Gasteiger partial charge in [-0.2, -0.15) is 0 Å². The average molecular weight is 307 g/mol. The summed E-state index contributed by atoms with van der Waals surface area (Å²) in [6, 6.07) is 0. The molecule has 2 aromatic rings. The fourth-order valence-corrected chi connectivity index (χ4v) is 3.88. The summed E-state index contributed by atoms with van der Waals surface area (Å²) < 4.78 is 2.05. The second-order valence-corrected chi connectivity index (χ2v) is 6.81. The topological polar surface area (TPSA) is 66.6 Å². The van der Waals surface area contributed by atoms with Crippen LogP contribution in [0, 0.1) is 6.92 Å². The van der Waals surface area contributed by atoms with E-state index in [9.17, 15) is 9.90 Å². The molecule has 0 atom stereocenters. The minimum Gasteiger partial charge on any atom is -0.388 e. The number of amides is 1. The first-order chi connectivity index (χ1) is 10.1. The Morgan fingerprint density at radius 2 is 2.29 bits per heavy atom. The largest absolute Gasteiger partial charge is 0.388 e. The fraction of sp³-hybridized carbons (Fsp3) is 0.600. The highest BCUT2D eigenvalue weighted by molar-refractivity contribution is 7.15. The third-order valence-electron chi connectivity index (χ3n) is 4.16. The van der Waals surface area contributed by atoms with Crippen molar-refractivity contribution < 1.29 is 9.90 Å². The van der Waals surface area contributed by atoms with E-state index in [0.717, 1.165) is 42.0 Å². The molecule has 2 N–H and O–H groups in total. The Kier molecular flexibility index (Phi) is 3.99. The number of rotatable bonds is 5. The van der Waals surface area contributed by atoms with Crippen LogP contribution in [-0.2, 0) is 11.2 Å². The summed E-state index contributed by atoms with van der Waals surface area (Å²) in [6.07, 6.45) is 6.84. The van der Waals surface area contributed by atoms with Gasteiger partial charge in [0.1, 0.15) is 0 Å². The highest BCUT2D eigenvalue weighted by atomic mass is 32.1. The van der Waals surface area contributed by atoms with Crippen molar-refractivity contribution >= 4 is 22.2 Å². The number of nitrogens with zero attached hydrogens (tertiary/aromatic N) is 2. The molecule has 1 amide bonds. The van der Waals surface area contributed by atoms with Crippen molar-refractivity contribution in [3.05, 3.63) is 23.0 Å². The summed E-state index contributed by atoms with van der Waals surface area (Å²) in [7, 11) is 0. The SMILES string of the molecule is Cc1cn2c(CCC(=O)NCC3(O)CCCC3)csc2n1. The minimum absolute atomic E-state index is 0.00603. The molecule has 0 aromatic carbocycles. The van der Waals surface area contributed by atoms with Crippen molar-refractivity contribution in [3.63, 3.8) is 0 Å². The molecule has 21 heavy (non-hydrogen) atoms. The Bertz CT molecular complexity index is 640. The molecular weight excluding hydrogens is 286 g/mol. The van der Waals surface area contributed by atoms with E-state index in [4.69, 9.17) is 0 Å². The lowest BCUT2D eigenvalue weighted by Gasteiger charge is -2.22. The third kappa shape index (κ3) is 3.27. The van der Waals surface area contributed by atoms with Crippen LogP contribution in [0.1, 0.15) is 43.5 Å². The van der Waals surface area contributed by atoms with Crippen molar-refractivity contribution in [2.45, 2.75) is 51.0 Å². The van der Waals surface area contributed by atoms with Gasteiger partial charge in [0.25, 0.3) is 0 Å². The molecular formula is C15H21N3O2S. The number of thiazole rings is 1.